The molecule has 1 atom stereocenters. The Hall–Kier alpha value is -1.03. The number of halogens is 1. The zero-order valence-corrected chi connectivity index (χ0v) is 9.42. The largest absolute Gasteiger partial charge is 0.352 e. The highest BCUT2D eigenvalue weighted by Crippen LogP contribution is 2.26. The van der Waals surface area contributed by atoms with Crippen molar-refractivity contribution >= 4 is 17.4 Å². The van der Waals surface area contributed by atoms with Gasteiger partial charge in [0.1, 0.15) is 5.02 Å². The first kappa shape index (κ1) is 10.5. The van der Waals surface area contributed by atoms with Gasteiger partial charge in [-0.3, -0.25) is 4.79 Å². The second-order valence-corrected chi connectivity index (χ2v) is 4.29. The summed E-state index contributed by atoms with van der Waals surface area (Å²) >= 11 is 5.94. The van der Waals surface area contributed by atoms with E-state index in [2.05, 4.69) is 21.8 Å². The number of H-pyrrole nitrogens is 1. The lowest BCUT2D eigenvalue weighted by atomic mass is 10.0. The fraction of sp³-hybridized carbons (Fsp3) is 0.600. The van der Waals surface area contributed by atoms with Gasteiger partial charge in [-0.1, -0.05) is 11.6 Å². The molecule has 0 aromatic carbocycles. The van der Waals surface area contributed by atoms with Crippen LogP contribution < -0.4 is 10.5 Å². The molecule has 82 valence electrons. The van der Waals surface area contributed by atoms with Crippen LogP contribution in [0.3, 0.4) is 0 Å². The predicted molar refractivity (Wildman–Crippen MR) is 60.5 cm³/mol. The van der Waals surface area contributed by atoms with Crippen molar-refractivity contribution in [3.8, 4) is 0 Å². The SMILES string of the molecule is CC1CCCCN1c1nc[nH]c(=O)c1Cl. The lowest BCUT2D eigenvalue weighted by Crippen LogP contribution is -2.39. The number of hydrogen-bond acceptors (Lipinski definition) is 3. The van der Waals surface area contributed by atoms with Crippen LogP contribution in [0.2, 0.25) is 5.02 Å². The molecule has 2 heterocycles. The summed E-state index contributed by atoms with van der Waals surface area (Å²) in [5.41, 5.74) is -0.264. The maximum Gasteiger partial charge on any atom is 0.271 e. The Morgan fingerprint density at radius 1 is 1.60 bits per heavy atom. The normalized spacial score (nSPS) is 21.7. The van der Waals surface area contributed by atoms with Crippen LogP contribution in [-0.2, 0) is 0 Å². The minimum absolute atomic E-state index is 0.200. The highest BCUT2D eigenvalue weighted by molar-refractivity contribution is 6.32. The molecule has 0 saturated carbocycles. The maximum atomic E-state index is 11.3. The summed E-state index contributed by atoms with van der Waals surface area (Å²) in [5.74, 6) is 0.618. The van der Waals surface area contributed by atoms with E-state index in [4.69, 9.17) is 11.6 Å². The van der Waals surface area contributed by atoms with Crippen LogP contribution in [0.4, 0.5) is 5.82 Å². The van der Waals surface area contributed by atoms with Crippen LogP contribution in [-0.4, -0.2) is 22.6 Å². The first-order valence-electron chi connectivity index (χ1n) is 5.20. The standard InChI is InChI=1S/C10H14ClN3O/c1-7-4-2-3-5-14(7)9-8(11)10(15)13-6-12-9/h6-7H,2-5H2,1H3,(H,12,13,15). The van der Waals surface area contributed by atoms with Crippen LogP contribution in [0.5, 0.6) is 0 Å². The molecule has 0 bridgehead atoms. The number of nitrogens with one attached hydrogen (secondary N) is 1. The molecule has 1 aliphatic rings. The molecule has 1 aromatic rings. The minimum Gasteiger partial charge on any atom is -0.352 e. The molecule has 0 spiro atoms. The van der Waals surface area contributed by atoms with Crippen molar-refractivity contribution in [3.63, 3.8) is 0 Å². The molecule has 1 aromatic heterocycles. The predicted octanol–water partition coefficient (Wildman–Crippen LogP) is 1.80. The van der Waals surface area contributed by atoms with E-state index in [-0.39, 0.29) is 10.6 Å². The van der Waals surface area contributed by atoms with Crippen molar-refractivity contribution in [2.75, 3.05) is 11.4 Å². The molecular formula is C10H14ClN3O. The van der Waals surface area contributed by atoms with E-state index in [9.17, 15) is 4.79 Å². The summed E-state index contributed by atoms with van der Waals surface area (Å²) in [4.78, 5) is 20.1. The van der Waals surface area contributed by atoms with Crippen molar-refractivity contribution in [1.29, 1.82) is 0 Å². The van der Waals surface area contributed by atoms with Crippen LogP contribution in [0.15, 0.2) is 11.1 Å². The molecule has 1 fully saturated rings. The number of nitrogens with zero attached hydrogens (tertiary/aromatic N) is 2. The molecule has 0 aliphatic carbocycles. The maximum absolute atomic E-state index is 11.3. The summed E-state index contributed by atoms with van der Waals surface area (Å²) < 4.78 is 0. The first-order valence-corrected chi connectivity index (χ1v) is 5.58. The van der Waals surface area contributed by atoms with Crippen LogP contribution in [0, 0.1) is 0 Å². The Morgan fingerprint density at radius 3 is 3.13 bits per heavy atom. The van der Waals surface area contributed by atoms with Crippen LogP contribution in [0.25, 0.3) is 0 Å². The van der Waals surface area contributed by atoms with Gasteiger partial charge >= 0.3 is 0 Å². The number of anilines is 1. The number of aromatic amines is 1. The topological polar surface area (TPSA) is 49.0 Å². The summed E-state index contributed by atoms with van der Waals surface area (Å²) in [6, 6.07) is 0.408. The number of aromatic nitrogens is 2. The van der Waals surface area contributed by atoms with E-state index < -0.39 is 0 Å². The number of rotatable bonds is 1. The fourth-order valence-electron chi connectivity index (χ4n) is 1.99. The Morgan fingerprint density at radius 2 is 2.40 bits per heavy atom. The second kappa shape index (κ2) is 4.23. The summed E-state index contributed by atoms with van der Waals surface area (Å²) in [6.07, 6.45) is 4.91. The zero-order chi connectivity index (χ0) is 10.8. The summed E-state index contributed by atoms with van der Waals surface area (Å²) in [5, 5.41) is 0.200. The average Bonchev–Trinajstić information content (AvgIpc) is 2.23. The van der Waals surface area contributed by atoms with E-state index in [0.29, 0.717) is 11.9 Å². The van der Waals surface area contributed by atoms with E-state index in [1.54, 1.807) is 0 Å². The minimum atomic E-state index is -0.264. The highest BCUT2D eigenvalue weighted by Gasteiger charge is 2.22. The van der Waals surface area contributed by atoms with Gasteiger partial charge in [0, 0.05) is 12.6 Å². The van der Waals surface area contributed by atoms with Gasteiger partial charge in [0.2, 0.25) is 0 Å². The van der Waals surface area contributed by atoms with Gasteiger partial charge in [-0.2, -0.15) is 0 Å². The Bertz CT molecular complexity index is 404. The monoisotopic (exact) mass is 227 g/mol. The Labute approximate surface area is 93.3 Å². The van der Waals surface area contributed by atoms with Gasteiger partial charge in [-0.25, -0.2) is 4.98 Å². The molecule has 4 nitrogen and oxygen atoms in total. The van der Waals surface area contributed by atoms with Gasteiger partial charge in [-0.15, -0.1) is 0 Å². The van der Waals surface area contributed by atoms with Crippen molar-refractivity contribution < 1.29 is 0 Å². The molecule has 1 aliphatic heterocycles. The first-order chi connectivity index (χ1) is 7.20. The Kier molecular flexibility index (Phi) is 2.95. The van der Waals surface area contributed by atoms with Crippen molar-refractivity contribution in [3.05, 3.63) is 21.7 Å². The summed E-state index contributed by atoms with van der Waals surface area (Å²) in [7, 11) is 0. The van der Waals surface area contributed by atoms with Crippen LogP contribution in [0.1, 0.15) is 26.2 Å². The lowest BCUT2D eigenvalue weighted by molar-refractivity contribution is 0.481. The second-order valence-electron chi connectivity index (χ2n) is 3.91. The number of hydrogen-bond donors (Lipinski definition) is 1. The van der Waals surface area contributed by atoms with E-state index in [1.165, 1.54) is 12.7 Å². The molecule has 1 unspecified atom stereocenters. The fourth-order valence-corrected chi connectivity index (χ4v) is 2.20. The van der Waals surface area contributed by atoms with E-state index in [0.717, 1.165) is 19.4 Å². The molecule has 0 amide bonds. The van der Waals surface area contributed by atoms with Crippen molar-refractivity contribution in [1.82, 2.24) is 9.97 Å². The average molecular weight is 228 g/mol. The lowest BCUT2D eigenvalue weighted by Gasteiger charge is -2.34. The van der Waals surface area contributed by atoms with E-state index in [1.807, 2.05) is 0 Å². The van der Waals surface area contributed by atoms with Gasteiger partial charge < -0.3 is 9.88 Å². The van der Waals surface area contributed by atoms with Crippen molar-refractivity contribution in [2.45, 2.75) is 32.2 Å². The van der Waals surface area contributed by atoms with Crippen LogP contribution >= 0.6 is 11.6 Å². The molecular weight excluding hydrogens is 214 g/mol. The van der Waals surface area contributed by atoms with Gasteiger partial charge in [0.15, 0.2) is 5.82 Å². The van der Waals surface area contributed by atoms with Gasteiger partial charge in [0.25, 0.3) is 5.56 Å². The van der Waals surface area contributed by atoms with Gasteiger partial charge in [-0.05, 0) is 26.2 Å². The quantitative estimate of drug-likeness (QED) is 0.796. The third kappa shape index (κ3) is 2.00. The molecule has 0 radical (unpaired) electrons. The van der Waals surface area contributed by atoms with Crippen molar-refractivity contribution in [2.24, 2.45) is 0 Å². The zero-order valence-electron chi connectivity index (χ0n) is 8.66. The Balaban J connectivity index is 2.35. The molecule has 1 N–H and O–H groups in total. The number of piperidine rings is 1. The smallest absolute Gasteiger partial charge is 0.271 e. The van der Waals surface area contributed by atoms with E-state index >= 15 is 0 Å². The third-order valence-electron chi connectivity index (χ3n) is 2.85. The molecule has 2 rings (SSSR count). The molecule has 5 heteroatoms. The molecule has 1 saturated heterocycles. The van der Waals surface area contributed by atoms with Gasteiger partial charge in [0.05, 0.1) is 6.33 Å². The highest BCUT2D eigenvalue weighted by atomic mass is 35.5. The summed E-state index contributed by atoms with van der Waals surface area (Å²) in [6.45, 7) is 3.07. The molecule has 15 heavy (non-hydrogen) atoms. The third-order valence-corrected chi connectivity index (χ3v) is 3.19.